The van der Waals surface area contributed by atoms with Gasteiger partial charge in [0, 0.05) is 40.3 Å². The topological polar surface area (TPSA) is 595 Å². The van der Waals surface area contributed by atoms with Crippen molar-refractivity contribution in [2.24, 2.45) is 40.1 Å². The highest BCUT2D eigenvalue weighted by atomic mass is 32.2. The maximum absolute atomic E-state index is 12.6. The average molecular weight is 1650 g/mol. The van der Waals surface area contributed by atoms with Gasteiger partial charge in [0.25, 0.3) is 0 Å². The molecule has 105 heavy (non-hydrogen) atoms. The molecule has 14 bridgehead atoms. The summed E-state index contributed by atoms with van der Waals surface area (Å²) < 4.78 is 90.5. The van der Waals surface area contributed by atoms with Gasteiger partial charge in [-0.2, -0.15) is 82.3 Å². The molecule has 0 radical (unpaired) electrons. The third kappa shape index (κ3) is 25.0. The van der Waals surface area contributed by atoms with Gasteiger partial charge >= 0.3 is 0 Å². The molecule has 21 saturated heterocycles. The van der Waals surface area contributed by atoms with Crippen LogP contribution in [-0.2, 0) is 66.3 Å². The van der Waals surface area contributed by atoms with Gasteiger partial charge in [0.2, 0.25) is 0 Å². The highest BCUT2D eigenvalue weighted by Gasteiger charge is 2.60. The van der Waals surface area contributed by atoms with Crippen LogP contribution in [0.3, 0.4) is 0 Å². The molecule has 35 atom stereocenters. The summed E-state index contributed by atoms with van der Waals surface area (Å²) in [7, 11) is 0. The van der Waals surface area contributed by atoms with E-state index in [9.17, 15) is 71.5 Å². The smallest absolute Gasteiger partial charge is 0.187 e. The monoisotopic (exact) mass is 1650 g/mol. The first-order valence-corrected chi connectivity index (χ1v) is 44.4. The maximum Gasteiger partial charge on any atom is 0.187 e. The summed E-state index contributed by atoms with van der Waals surface area (Å²) >= 11 is 9.39. The Labute approximate surface area is 642 Å². The van der Waals surface area contributed by atoms with Crippen molar-refractivity contribution in [2.45, 2.75) is 260 Å². The molecule has 1 unspecified atom stereocenters. The number of hydrogen-bond donors (Lipinski definition) is 21. The number of aliphatic hydroxyl groups is 14. The van der Waals surface area contributed by atoms with E-state index in [2.05, 4.69) is 0 Å². The first-order chi connectivity index (χ1) is 50.7. The van der Waals surface area contributed by atoms with Gasteiger partial charge in [0.05, 0.1) is 42.7 Å². The molecule has 35 nitrogen and oxygen atoms in total. The Hall–Kier alpha value is 1.05. The van der Waals surface area contributed by atoms with Crippen molar-refractivity contribution in [2.75, 3.05) is 126 Å². The number of aliphatic hydroxyl groups excluding tert-OH is 14. The molecule has 42 heteroatoms. The summed E-state index contributed by atoms with van der Waals surface area (Å²) in [5.74, 6) is 3.68. The van der Waals surface area contributed by atoms with E-state index in [-0.39, 0.29) is 40.3 Å². The van der Waals surface area contributed by atoms with Crippen LogP contribution < -0.4 is 40.1 Å². The summed E-state index contributed by atoms with van der Waals surface area (Å²) in [5.41, 5.74) is 41.1. The van der Waals surface area contributed by atoms with Gasteiger partial charge in [-0.25, -0.2) is 0 Å². The van der Waals surface area contributed by atoms with E-state index in [4.69, 9.17) is 106 Å². The van der Waals surface area contributed by atoms with Gasteiger partial charge in [0.1, 0.15) is 128 Å². The summed E-state index contributed by atoms with van der Waals surface area (Å²) in [5, 5.41) is 171. The molecule has 0 aromatic carbocycles. The Bertz CT molecular complexity index is 2390. The van der Waals surface area contributed by atoms with Crippen molar-refractivity contribution in [3.8, 4) is 0 Å². The minimum Gasteiger partial charge on any atom is -0.387 e. The second kappa shape index (κ2) is 47.3. The van der Waals surface area contributed by atoms with Crippen LogP contribution in [0.25, 0.3) is 0 Å². The Kier molecular flexibility index (Phi) is 41.3. The van der Waals surface area contributed by atoms with Gasteiger partial charge in [-0.05, 0) is 131 Å². The fourth-order valence-corrected chi connectivity index (χ4v) is 20.4. The number of nitrogens with two attached hydrogens (primary N) is 7. The molecule has 0 saturated carbocycles. The van der Waals surface area contributed by atoms with Crippen LogP contribution in [0.15, 0.2) is 0 Å². The largest absolute Gasteiger partial charge is 0.387 e. The van der Waals surface area contributed by atoms with Crippen molar-refractivity contribution in [1.29, 1.82) is 0 Å². The van der Waals surface area contributed by atoms with E-state index >= 15 is 0 Å². The summed E-state index contributed by atoms with van der Waals surface area (Å²) in [4.78, 5) is 0. The van der Waals surface area contributed by atoms with Gasteiger partial charge < -0.3 is 178 Å². The molecule has 21 rings (SSSR count). The first kappa shape index (κ1) is 91.6. The molecule has 0 aromatic rings. The molecule has 0 aliphatic carbocycles. The molecular weight excluding hydrogens is 1530 g/mol. The van der Waals surface area contributed by atoms with Crippen LogP contribution in [0.5, 0.6) is 0 Å². The fraction of sp³-hybridized carbons (Fsp3) is 1.00. The van der Waals surface area contributed by atoms with E-state index in [0.29, 0.717) is 131 Å². The van der Waals surface area contributed by atoms with E-state index in [0.717, 1.165) is 0 Å². The molecule has 21 aliphatic rings. The fourth-order valence-electron chi connectivity index (χ4n) is 13.1. The van der Waals surface area contributed by atoms with Crippen molar-refractivity contribution in [3.05, 3.63) is 0 Å². The zero-order valence-corrected chi connectivity index (χ0v) is 64.6. The van der Waals surface area contributed by atoms with Gasteiger partial charge in [-0.1, -0.05) is 0 Å². The van der Waals surface area contributed by atoms with Gasteiger partial charge in [0.15, 0.2) is 44.0 Å². The zero-order chi connectivity index (χ0) is 75.9. The summed E-state index contributed by atoms with van der Waals surface area (Å²) in [6, 6.07) is 0. The Morgan fingerprint density at radius 2 is 0.343 bits per heavy atom. The minimum absolute atomic E-state index is 0.00907. The van der Waals surface area contributed by atoms with Crippen molar-refractivity contribution in [1.82, 2.24) is 0 Å². The third-order valence-corrected chi connectivity index (χ3v) is 27.0. The lowest BCUT2D eigenvalue weighted by Crippen LogP contribution is -2.69. The average Bonchev–Trinajstić information content (AvgIpc) is 0.773. The molecule has 616 valence electrons. The lowest BCUT2D eigenvalue weighted by Gasteiger charge is -2.51. The second-order valence-electron chi connectivity index (χ2n) is 26.9. The van der Waals surface area contributed by atoms with Gasteiger partial charge in [-0.15, -0.1) is 0 Å². The van der Waals surface area contributed by atoms with Crippen LogP contribution in [0, 0.1) is 0 Å². The van der Waals surface area contributed by atoms with Crippen molar-refractivity contribution in [3.63, 3.8) is 0 Å². The summed E-state index contributed by atoms with van der Waals surface area (Å²) in [6.45, 7) is 2.32. The quantitative estimate of drug-likeness (QED) is 0.0262. The SMILES string of the molecule is NCCCSC[C@H]1O[C@@H]2O[C@H]3[C@H](O)[C@@H](O[C@H]4[C@H](O)[C@@H](O)[C@@H](O[C@H]5[C@H](O)[C@@H](O)[C@@H](O[C@H]6[C@H](O)[C@@H](O)[C@@H](O[C@H]7[C@H](O)[C@@H](O)[C@@H](O[C@H]8[C@H](O)[C@@H](O)[C@@H](OC1[C@H](O)[C@H]2O)O[C@@H]8CSCCCN)O[C@@H]7CSCCCN)O[C@@H]6CSCCCN)O[C@@H]5CSCCCN)O[C@@H]4CSCCCN)[C@@H](O)O[C@@H]3CSCCCN. The number of rotatable bonds is 35. The van der Waals surface area contributed by atoms with Gasteiger partial charge in [-0.3, -0.25) is 0 Å². The second-order valence-corrected chi connectivity index (χ2v) is 34.9. The van der Waals surface area contributed by atoms with Crippen LogP contribution in [0.4, 0.5) is 0 Å². The van der Waals surface area contributed by atoms with E-state index < -0.39 is 215 Å². The molecule has 21 aliphatic heterocycles. The van der Waals surface area contributed by atoms with Crippen LogP contribution in [0.1, 0.15) is 44.9 Å². The number of thioether (sulfide) groups is 7. The zero-order valence-electron chi connectivity index (χ0n) is 58.9. The lowest BCUT2D eigenvalue weighted by molar-refractivity contribution is -0.394. The third-order valence-electron chi connectivity index (χ3n) is 19.0. The van der Waals surface area contributed by atoms with Crippen LogP contribution in [0.2, 0.25) is 0 Å². The van der Waals surface area contributed by atoms with Crippen LogP contribution >= 0.6 is 82.3 Å². The molecule has 0 amide bonds. The molecule has 28 N–H and O–H groups in total. The molecule has 0 spiro atoms. The summed E-state index contributed by atoms with van der Waals surface area (Å²) in [6.07, 6.45) is -55.7. The Balaban J connectivity index is 1.20. The predicted molar refractivity (Wildman–Crippen MR) is 396 cm³/mol. The number of ether oxygens (including phenoxy) is 14. The van der Waals surface area contributed by atoms with Crippen molar-refractivity contribution >= 4 is 82.3 Å². The first-order valence-electron chi connectivity index (χ1n) is 36.3. The van der Waals surface area contributed by atoms with E-state index in [1.165, 1.54) is 82.3 Å². The van der Waals surface area contributed by atoms with E-state index in [1.807, 2.05) is 0 Å². The normalized spacial score (nSPS) is 43.8. The molecule has 21 fully saturated rings. The highest BCUT2D eigenvalue weighted by Crippen LogP contribution is 2.42. The van der Waals surface area contributed by atoms with Crippen LogP contribution in [-0.4, -0.2) is 413 Å². The number of hydrogen-bond acceptors (Lipinski definition) is 42. The maximum atomic E-state index is 12.6. The Morgan fingerprint density at radius 3 is 0.524 bits per heavy atom. The molecular formula is C63H119N7O28S7. The predicted octanol–water partition coefficient (Wildman–Crippen LogP) is -7.60. The minimum atomic E-state index is -2.03. The van der Waals surface area contributed by atoms with E-state index in [1.54, 1.807) is 0 Å². The lowest BCUT2D eigenvalue weighted by atomic mass is 9.95. The Morgan fingerprint density at radius 1 is 0.181 bits per heavy atom. The standard InChI is InChI=1S/C63H119N7O28S7/c64-8-1-15-99-22-29-55-48(83)56(57(84)85-29)92-49-30(23-100-16-2-9-65)86-58(42(77)36(49)71)93-50-31(24-101-17-3-10-66)87-59(43(78)37(50)72)94-51-32(25-102-18-4-11-67)88-60(44(79)38(51)73)95-52-33(26-103-19-5-12-68)89-61(45(80)39(52)74)96-53-34(27-104-20-6-13-69)90-62(46(81)40(53)75)97-54-35(28-105-21-7-14-70)91-63(98-55)47(82)41(54)76/h29-63,71-84H,1-28,64-70H2/t29-,30-,31-,32-,33-,34-,35-,36-,37-,38-,39-,40-,41-,42-,43-,44-,45-,46-,47-,48+,49-,50-,51-,52-,53-,54?,55-,56-,57+,58-,59-,60-,61-,62-,63-/m1/s1. The molecule has 0 aromatic heterocycles. The highest BCUT2D eigenvalue weighted by molar-refractivity contribution is 8.00. The molecule has 21 heterocycles. The van der Waals surface area contributed by atoms with Crippen molar-refractivity contribution < 1.29 is 138 Å².